The molecule has 164 valence electrons. The normalized spacial score (nSPS) is 14.2. The number of pyridine rings is 1. The van der Waals surface area contributed by atoms with Gasteiger partial charge in [0.05, 0.1) is 22.4 Å². The van der Waals surface area contributed by atoms with Crippen LogP contribution in [0.15, 0.2) is 61.1 Å². The van der Waals surface area contributed by atoms with E-state index in [0.717, 1.165) is 66.0 Å². The molecule has 1 saturated heterocycles. The van der Waals surface area contributed by atoms with Crippen molar-refractivity contribution in [3.05, 3.63) is 77.5 Å². The fourth-order valence-corrected chi connectivity index (χ4v) is 4.71. The molecule has 0 N–H and O–H groups in total. The van der Waals surface area contributed by atoms with Gasteiger partial charge in [0.1, 0.15) is 11.6 Å². The lowest BCUT2D eigenvalue weighted by atomic mass is 10.0. The van der Waals surface area contributed by atoms with Crippen LogP contribution in [0.3, 0.4) is 0 Å². The summed E-state index contributed by atoms with van der Waals surface area (Å²) in [7, 11) is 0. The lowest BCUT2D eigenvalue weighted by Crippen LogP contribution is -2.30. The van der Waals surface area contributed by atoms with E-state index in [2.05, 4.69) is 37.6 Å². The zero-order valence-corrected chi connectivity index (χ0v) is 18.7. The highest BCUT2D eigenvalue weighted by Gasteiger charge is 2.15. The Kier molecular flexibility index (Phi) is 6.08. The molecular weight excluding hydrogens is 423 g/mol. The highest BCUT2D eigenvalue weighted by atomic mass is 35.5. The van der Waals surface area contributed by atoms with E-state index in [1.54, 1.807) is 18.3 Å². The van der Waals surface area contributed by atoms with Gasteiger partial charge in [-0.05, 0) is 73.6 Å². The van der Waals surface area contributed by atoms with Crippen molar-refractivity contribution in [1.29, 1.82) is 0 Å². The number of aryl methyl sites for hydroxylation is 2. The SMILES string of the molecule is Fc1cccc(CCCn2cnc3ccc(-c4cc(N5CCCCC5)ncc4Cl)cc32)c1. The lowest BCUT2D eigenvalue weighted by molar-refractivity contribution is 0.573. The molecule has 2 aromatic carbocycles. The maximum absolute atomic E-state index is 13.4. The largest absolute Gasteiger partial charge is 0.357 e. The van der Waals surface area contributed by atoms with Gasteiger partial charge >= 0.3 is 0 Å². The number of hydrogen-bond donors (Lipinski definition) is 0. The molecule has 4 nitrogen and oxygen atoms in total. The van der Waals surface area contributed by atoms with Crippen LogP contribution in [0, 0.1) is 5.82 Å². The molecule has 0 atom stereocenters. The van der Waals surface area contributed by atoms with Gasteiger partial charge in [0, 0.05) is 31.4 Å². The van der Waals surface area contributed by atoms with Crippen molar-refractivity contribution in [2.45, 2.75) is 38.6 Å². The van der Waals surface area contributed by atoms with Gasteiger partial charge in [-0.2, -0.15) is 0 Å². The second-order valence-corrected chi connectivity index (χ2v) is 8.85. The van der Waals surface area contributed by atoms with Gasteiger partial charge in [-0.3, -0.25) is 0 Å². The molecule has 2 aromatic heterocycles. The molecule has 0 radical (unpaired) electrons. The number of imidazole rings is 1. The van der Waals surface area contributed by atoms with Crippen LogP contribution in [0.25, 0.3) is 22.2 Å². The fourth-order valence-electron chi connectivity index (χ4n) is 4.49. The summed E-state index contributed by atoms with van der Waals surface area (Å²) in [4.78, 5) is 11.5. The molecule has 5 rings (SSSR count). The van der Waals surface area contributed by atoms with Crippen molar-refractivity contribution >= 4 is 28.5 Å². The Morgan fingerprint density at radius 2 is 1.84 bits per heavy atom. The molecule has 1 fully saturated rings. The zero-order valence-electron chi connectivity index (χ0n) is 18.0. The van der Waals surface area contributed by atoms with Gasteiger partial charge in [-0.15, -0.1) is 0 Å². The predicted molar refractivity (Wildman–Crippen MR) is 129 cm³/mol. The molecule has 0 unspecified atom stereocenters. The number of halogens is 2. The fraction of sp³-hybridized carbons (Fsp3) is 0.308. The first kappa shape index (κ1) is 21.0. The standard InChI is InChI=1S/C26H26ClFN4/c27-23-17-29-26(31-11-2-1-3-12-31)16-22(23)20-9-10-24-25(15-20)32(18-30-24)13-5-7-19-6-4-8-21(28)14-19/h4,6,8-10,14-18H,1-3,5,7,11-13H2. The minimum absolute atomic E-state index is 0.182. The zero-order chi connectivity index (χ0) is 21.9. The molecule has 4 aromatic rings. The third kappa shape index (κ3) is 4.49. The van der Waals surface area contributed by atoms with E-state index in [-0.39, 0.29) is 5.82 Å². The van der Waals surface area contributed by atoms with E-state index < -0.39 is 0 Å². The number of piperidine rings is 1. The molecule has 1 aliphatic rings. The maximum atomic E-state index is 13.4. The van der Waals surface area contributed by atoms with Crippen LogP contribution in [-0.2, 0) is 13.0 Å². The van der Waals surface area contributed by atoms with Crippen LogP contribution in [-0.4, -0.2) is 27.6 Å². The number of hydrogen-bond acceptors (Lipinski definition) is 3. The van der Waals surface area contributed by atoms with E-state index in [1.165, 1.54) is 25.3 Å². The Labute approximate surface area is 192 Å². The molecule has 0 bridgehead atoms. The number of aromatic nitrogens is 3. The number of fused-ring (bicyclic) bond motifs is 1. The molecule has 1 aliphatic heterocycles. The summed E-state index contributed by atoms with van der Waals surface area (Å²) in [6.45, 7) is 2.91. The molecule has 0 aliphatic carbocycles. The van der Waals surface area contributed by atoms with E-state index >= 15 is 0 Å². The summed E-state index contributed by atoms with van der Waals surface area (Å²) in [5, 5.41) is 0.655. The minimum atomic E-state index is -0.182. The number of nitrogens with zero attached hydrogens (tertiary/aromatic N) is 4. The minimum Gasteiger partial charge on any atom is -0.357 e. The van der Waals surface area contributed by atoms with Crippen molar-refractivity contribution in [2.24, 2.45) is 0 Å². The van der Waals surface area contributed by atoms with Crippen molar-refractivity contribution < 1.29 is 4.39 Å². The first-order chi connectivity index (χ1) is 15.7. The van der Waals surface area contributed by atoms with E-state index in [4.69, 9.17) is 11.6 Å². The third-order valence-corrected chi connectivity index (χ3v) is 6.51. The van der Waals surface area contributed by atoms with Crippen molar-refractivity contribution in [1.82, 2.24) is 14.5 Å². The van der Waals surface area contributed by atoms with Gasteiger partial charge in [-0.1, -0.05) is 29.8 Å². The Hall–Kier alpha value is -2.92. The monoisotopic (exact) mass is 448 g/mol. The number of benzene rings is 2. The average molecular weight is 449 g/mol. The van der Waals surface area contributed by atoms with Crippen LogP contribution in [0.4, 0.5) is 10.2 Å². The van der Waals surface area contributed by atoms with Crippen LogP contribution < -0.4 is 4.90 Å². The smallest absolute Gasteiger partial charge is 0.129 e. The van der Waals surface area contributed by atoms with Crippen molar-refractivity contribution in [3.63, 3.8) is 0 Å². The lowest BCUT2D eigenvalue weighted by Gasteiger charge is -2.28. The summed E-state index contributed by atoms with van der Waals surface area (Å²) >= 11 is 6.56. The molecule has 6 heteroatoms. The first-order valence-electron chi connectivity index (χ1n) is 11.3. The molecule has 32 heavy (non-hydrogen) atoms. The van der Waals surface area contributed by atoms with Crippen LogP contribution in [0.1, 0.15) is 31.2 Å². The van der Waals surface area contributed by atoms with Crippen LogP contribution >= 0.6 is 11.6 Å². The second kappa shape index (κ2) is 9.29. The van der Waals surface area contributed by atoms with Gasteiger partial charge < -0.3 is 9.47 Å². The summed E-state index contributed by atoms with van der Waals surface area (Å²) in [5.74, 6) is 0.811. The van der Waals surface area contributed by atoms with Crippen LogP contribution in [0.2, 0.25) is 5.02 Å². The summed E-state index contributed by atoms with van der Waals surface area (Å²) in [6, 6.07) is 15.2. The highest BCUT2D eigenvalue weighted by Crippen LogP contribution is 2.33. The Bertz CT molecular complexity index is 1230. The van der Waals surface area contributed by atoms with Gasteiger partial charge in [0.2, 0.25) is 0 Å². The number of rotatable bonds is 6. The van der Waals surface area contributed by atoms with Gasteiger partial charge in [0.15, 0.2) is 0 Å². The third-order valence-electron chi connectivity index (χ3n) is 6.21. The summed E-state index contributed by atoms with van der Waals surface area (Å²) in [6.07, 6.45) is 9.09. The maximum Gasteiger partial charge on any atom is 0.129 e. The van der Waals surface area contributed by atoms with Gasteiger partial charge in [0.25, 0.3) is 0 Å². The topological polar surface area (TPSA) is 34.0 Å². The molecule has 0 spiro atoms. The van der Waals surface area contributed by atoms with E-state index in [9.17, 15) is 4.39 Å². The van der Waals surface area contributed by atoms with E-state index in [1.807, 2.05) is 18.5 Å². The van der Waals surface area contributed by atoms with Crippen molar-refractivity contribution in [3.8, 4) is 11.1 Å². The quantitative estimate of drug-likeness (QED) is 0.337. The molecule has 3 heterocycles. The van der Waals surface area contributed by atoms with Crippen LogP contribution in [0.5, 0.6) is 0 Å². The summed E-state index contributed by atoms with van der Waals surface area (Å²) in [5.41, 5.74) is 5.12. The Morgan fingerprint density at radius 1 is 0.969 bits per heavy atom. The predicted octanol–water partition coefficient (Wildman–Crippen LogP) is 6.51. The van der Waals surface area contributed by atoms with Crippen molar-refractivity contribution in [2.75, 3.05) is 18.0 Å². The molecule has 0 saturated carbocycles. The average Bonchev–Trinajstić information content (AvgIpc) is 3.22. The second-order valence-electron chi connectivity index (χ2n) is 8.44. The highest BCUT2D eigenvalue weighted by molar-refractivity contribution is 6.33. The van der Waals surface area contributed by atoms with E-state index in [0.29, 0.717) is 5.02 Å². The molecule has 0 amide bonds. The number of anilines is 1. The Balaban J connectivity index is 1.38. The first-order valence-corrected chi connectivity index (χ1v) is 11.7. The summed E-state index contributed by atoms with van der Waals surface area (Å²) < 4.78 is 15.6. The Morgan fingerprint density at radius 3 is 2.69 bits per heavy atom. The van der Waals surface area contributed by atoms with Gasteiger partial charge in [-0.25, -0.2) is 14.4 Å². The molecular formula is C26H26ClFN4.